The third-order valence-electron chi connectivity index (χ3n) is 2.55. The molecule has 0 bridgehead atoms. The first kappa shape index (κ1) is 11.1. The normalized spacial score (nSPS) is 18.6. The molecule has 0 radical (unpaired) electrons. The van der Waals surface area contributed by atoms with E-state index in [9.17, 15) is 8.42 Å². The molecule has 1 saturated heterocycles. The zero-order valence-electron chi connectivity index (χ0n) is 8.50. The van der Waals surface area contributed by atoms with Crippen molar-refractivity contribution in [3.05, 3.63) is 12.4 Å². The van der Waals surface area contributed by atoms with Gasteiger partial charge in [-0.25, -0.2) is 8.42 Å². The fourth-order valence-electron chi connectivity index (χ4n) is 1.61. The Labute approximate surface area is 92.8 Å². The van der Waals surface area contributed by atoms with Crippen molar-refractivity contribution in [2.75, 3.05) is 13.1 Å². The number of nitrogens with zero attached hydrogens (tertiary/aromatic N) is 3. The van der Waals surface area contributed by atoms with Crippen LogP contribution in [0.2, 0.25) is 0 Å². The lowest BCUT2D eigenvalue weighted by atomic mass is 10.1. The van der Waals surface area contributed by atoms with Crippen LogP contribution in [0.3, 0.4) is 0 Å². The molecule has 0 aliphatic carbocycles. The standard InChI is InChI=1S/C8H12N4O3S/c13-11-7-1-3-12(4-2-7)16(14,15)8-5-9-10-6-8/h5-6,13H,1-4H2,(H,9,10). The second-order valence-electron chi connectivity index (χ2n) is 3.50. The fraction of sp³-hybridized carbons (Fsp3) is 0.500. The maximum absolute atomic E-state index is 12.0. The van der Waals surface area contributed by atoms with E-state index < -0.39 is 10.0 Å². The molecule has 0 amide bonds. The highest BCUT2D eigenvalue weighted by Crippen LogP contribution is 2.18. The minimum Gasteiger partial charge on any atom is -0.411 e. The van der Waals surface area contributed by atoms with Crippen molar-refractivity contribution < 1.29 is 13.6 Å². The number of hydrogen-bond acceptors (Lipinski definition) is 5. The van der Waals surface area contributed by atoms with Gasteiger partial charge in [0.15, 0.2) is 0 Å². The van der Waals surface area contributed by atoms with Crippen molar-refractivity contribution in [2.24, 2.45) is 5.16 Å². The van der Waals surface area contributed by atoms with Crippen LogP contribution in [0.5, 0.6) is 0 Å². The lowest BCUT2D eigenvalue weighted by Gasteiger charge is -2.25. The van der Waals surface area contributed by atoms with Gasteiger partial charge in [0.2, 0.25) is 10.0 Å². The summed E-state index contributed by atoms with van der Waals surface area (Å²) in [7, 11) is -3.45. The Balaban J connectivity index is 2.15. The minimum absolute atomic E-state index is 0.164. The molecule has 1 aromatic heterocycles. The van der Waals surface area contributed by atoms with Gasteiger partial charge in [0.1, 0.15) is 4.90 Å². The Morgan fingerprint density at radius 2 is 2.12 bits per heavy atom. The maximum atomic E-state index is 12.0. The van der Waals surface area contributed by atoms with E-state index in [1.54, 1.807) is 0 Å². The molecule has 0 aromatic carbocycles. The summed E-state index contributed by atoms with van der Waals surface area (Å²) in [4.78, 5) is 0.164. The average molecular weight is 244 g/mol. The van der Waals surface area contributed by atoms with Crippen molar-refractivity contribution in [3.63, 3.8) is 0 Å². The van der Waals surface area contributed by atoms with Crippen molar-refractivity contribution in [2.45, 2.75) is 17.7 Å². The SMILES string of the molecule is O=S(=O)(c1cn[nH]c1)N1CCC(=NO)CC1. The zero-order chi connectivity index (χ0) is 11.6. The van der Waals surface area contributed by atoms with E-state index in [-0.39, 0.29) is 4.90 Å². The average Bonchev–Trinajstić information content (AvgIpc) is 2.83. The first-order chi connectivity index (χ1) is 7.64. The molecule has 1 aliphatic rings. The number of sulfonamides is 1. The second-order valence-corrected chi connectivity index (χ2v) is 5.44. The first-order valence-electron chi connectivity index (χ1n) is 4.83. The molecule has 0 unspecified atom stereocenters. The molecule has 1 fully saturated rings. The highest BCUT2D eigenvalue weighted by Gasteiger charge is 2.28. The summed E-state index contributed by atoms with van der Waals surface area (Å²) in [5, 5.41) is 17.8. The van der Waals surface area contributed by atoms with Gasteiger partial charge in [-0.3, -0.25) is 5.10 Å². The lowest BCUT2D eigenvalue weighted by molar-refractivity contribution is 0.310. The lowest BCUT2D eigenvalue weighted by Crippen LogP contribution is -2.38. The first-order valence-corrected chi connectivity index (χ1v) is 6.27. The van der Waals surface area contributed by atoms with E-state index in [1.165, 1.54) is 16.7 Å². The molecule has 2 N–H and O–H groups in total. The van der Waals surface area contributed by atoms with Crippen LogP contribution in [0.1, 0.15) is 12.8 Å². The molecule has 8 heteroatoms. The number of aromatic nitrogens is 2. The van der Waals surface area contributed by atoms with E-state index >= 15 is 0 Å². The quantitative estimate of drug-likeness (QED) is 0.566. The molecule has 2 heterocycles. The predicted molar refractivity (Wildman–Crippen MR) is 55.8 cm³/mol. The van der Waals surface area contributed by atoms with E-state index in [0.29, 0.717) is 31.6 Å². The van der Waals surface area contributed by atoms with E-state index in [2.05, 4.69) is 15.4 Å². The maximum Gasteiger partial charge on any atom is 0.246 e. The number of piperidine rings is 1. The minimum atomic E-state index is -3.45. The fourth-order valence-corrected chi connectivity index (χ4v) is 2.96. The van der Waals surface area contributed by atoms with Crippen LogP contribution < -0.4 is 0 Å². The molecule has 16 heavy (non-hydrogen) atoms. The summed E-state index contributed by atoms with van der Waals surface area (Å²) in [6.07, 6.45) is 3.57. The Kier molecular flexibility index (Phi) is 2.92. The summed E-state index contributed by atoms with van der Waals surface area (Å²) in [6.45, 7) is 0.680. The zero-order valence-corrected chi connectivity index (χ0v) is 9.31. The van der Waals surface area contributed by atoms with Crippen LogP contribution in [-0.4, -0.2) is 46.9 Å². The molecular weight excluding hydrogens is 232 g/mol. The highest BCUT2D eigenvalue weighted by molar-refractivity contribution is 7.89. The molecule has 2 rings (SSSR count). The van der Waals surface area contributed by atoms with Crippen molar-refractivity contribution in [1.29, 1.82) is 0 Å². The number of nitrogens with one attached hydrogen (secondary N) is 1. The summed E-state index contributed by atoms with van der Waals surface area (Å²) >= 11 is 0. The van der Waals surface area contributed by atoms with Gasteiger partial charge in [-0.2, -0.15) is 9.40 Å². The summed E-state index contributed by atoms with van der Waals surface area (Å²) in [5.41, 5.74) is 0.638. The van der Waals surface area contributed by atoms with E-state index in [0.717, 1.165) is 0 Å². The van der Waals surface area contributed by atoms with Crippen molar-refractivity contribution >= 4 is 15.7 Å². The Hall–Kier alpha value is -1.41. The Morgan fingerprint density at radius 3 is 2.62 bits per heavy atom. The van der Waals surface area contributed by atoms with Crippen LogP contribution >= 0.6 is 0 Å². The van der Waals surface area contributed by atoms with Crippen molar-refractivity contribution in [1.82, 2.24) is 14.5 Å². The molecule has 0 atom stereocenters. The summed E-state index contributed by atoms with van der Waals surface area (Å²) < 4.78 is 25.4. The predicted octanol–water partition coefficient (Wildman–Crippen LogP) is 0.0244. The third-order valence-corrected chi connectivity index (χ3v) is 4.42. The third kappa shape index (κ3) is 1.93. The van der Waals surface area contributed by atoms with Crippen LogP contribution in [-0.2, 0) is 10.0 Å². The van der Waals surface area contributed by atoms with Crippen LogP contribution in [0.4, 0.5) is 0 Å². The molecule has 0 saturated carbocycles. The van der Waals surface area contributed by atoms with E-state index in [1.807, 2.05) is 0 Å². The Morgan fingerprint density at radius 1 is 1.44 bits per heavy atom. The monoisotopic (exact) mass is 244 g/mol. The summed E-state index contributed by atoms with van der Waals surface area (Å²) in [6, 6.07) is 0. The summed E-state index contributed by atoms with van der Waals surface area (Å²) in [5.74, 6) is 0. The molecule has 0 spiro atoms. The van der Waals surface area contributed by atoms with Gasteiger partial charge in [0.25, 0.3) is 0 Å². The molecule has 1 aliphatic heterocycles. The second kappa shape index (κ2) is 4.22. The topological polar surface area (TPSA) is 98.7 Å². The van der Waals surface area contributed by atoms with Crippen molar-refractivity contribution in [3.8, 4) is 0 Å². The smallest absolute Gasteiger partial charge is 0.246 e. The molecule has 1 aromatic rings. The number of H-pyrrole nitrogens is 1. The molecular formula is C8H12N4O3S. The molecule has 7 nitrogen and oxygen atoms in total. The van der Waals surface area contributed by atoms with Gasteiger partial charge in [-0.1, -0.05) is 5.16 Å². The number of aromatic amines is 1. The van der Waals surface area contributed by atoms with Gasteiger partial charge in [-0.15, -0.1) is 0 Å². The number of oxime groups is 1. The highest BCUT2D eigenvalue weighted by atomic mass is 32.2. The number of rotatable bonds is 2. The van der Waals surface area contributed by atoms with Gasteiger partial charge in [0.05, 0.1) is 11.9 Å². The Bertz CT molecular complexity index is 469. The van der Waals surface area contributed by atoms with Crippen LogP contribution in [0.25, 0.3) is 0 Å². The van der Waals surface area contributed by atoms with Crippen LogP contribution in [0.15, 0.2) is 22.4 Å². The van der Waals surface area contributed by atoms with Gasteiger partial charge in [-0.05, 0) is 0 Å². The number of hydrogen-bond donors (Lipinski definition) is 2. The molecule has 88 valence electrons. The van der Waals surface area contributed by atoms with Gasteiger partial charge >= 0.3 is 0 Å². The van der Waals surface area contributed by atoms with Crippen LogP contribution in [0, 0.1) is 0 Å². The van der Waals surface area contributed by atoms with Gasteiger partial charge in [0, 0.05) is 32.1 Å². The largest absolute Gasteiger partial charge is 0.411 e. The van der Waals surface area contributed by atoms with E-state index in [4.69, 9.17) is 5.21 Å². The van der Waals surface area contributed by atoms with Gasteiger partial charge < -0.3 is 5.21 Å².